The van der Waals surface area contributed by atoms with E-state index in [4.69, 9.17) is 16.0 Å². The van der Waals surface area contributed by atoms with Crippen LogP contribution in [0, 0.1) is 0 Å². The van der Waals surface area contributed by atoms with Gasteiger partial charge in [-0.2, -0.15) is 0 Å². The van der Waals surface area contributed by atoms with Crippen LogP contribution in [-0.2, 0) is 0 Å². The monoisotopic (exact) mass is 383 g/mol. The molecule has 8 heteroatoms. The van der Waals surface area contributed by atoms with Crippen LogP contribution in [0.5, 0.6) is 0 Å². The van der Waals surface area contributed by atoms with Gasteiger partial charge in [0.1, 0.15) is 11.1 Å². The molecule has 0 aliphatic heterocycles. The van der Waals surface area contributed by atoms with Crippen LogP contribution in [0.3, 0.4) is 0 Å². The fraction of sp³-hybridized carbons (Fsp3) is 0. The molecule has 6 nitrogen and oxygen atoms in total. The maximum Gasteiger partial charge on any atom is 0.349 e. The number of aromatic nitrogens is 2. The summed E-state index contributed by atoms with van der Waals surface area (Å²) in [6, 6.07) is 15.7. The molecule has 0 aliphatic rings. The third-order valence-corrected chi connectivity index (χ3v) is 4.84. The van der Waals surface area contributed by atoms with E-state index in [0.717, 1.165) is 16.9 Å². The number of benzene rings is 2. The summed E-state index contributed by atoms with van der Waals surface area (Å²) in [5.41, 5.74) is 0.332. The first-order chi connectivity index (χ1) is 12.6. The Labute approximate surface area is 156 Å². The number of amides is 1. The van der Waals surface area contributed by atoms with Gasteiger partial charge in [-0.05, 0) is 18.2 Å². The van der Waals surface area contributed by atoms with Gasteiger partial charge in [-0.15, -0.1) is 10.2 Å². The van der Waals surface area contributed by atoms with E-state index in [-0.39, 0.29) is 10.7 Å². The Balaban J connectivity index is 1.62. The van der Waals surface area contributed by atoms with Crippen molar-refractivity contribution in [2.75, 3.05) is 5.32 Å². The van der Waals surface area contributed by atoms with Crippen molar-refractivity contribution in [3.8, 4) is 10.6 Å². The van der Waals surface area contributed by atoms with Crippen LogP contribution in [0.1, 0.15) is 10.4 Å². The Hall–Kier alpha value is -3.03. The number of rotatable bonds is 3. The fourth-order valence-electron chi connectivity index (χ4n) is 2.40. The molecule has 26 heavy (non-hydrogen) atoms. The molecule has 0 unspecified atom stereocenters. The molecular formula is C18H10ClN3O3S. The van der Waals surface area contributed by atoms with Crippen molar-refractivity contribution in [1.82, 2.24) is 10.2 Å². The van der Waals surface area contributed by atoms with Crippen LogP contribution in [0.15, 0.2) is 63.8 Å². The summed E-state index contributed by atoms with van der Waals surface area (Å²) in [7, 11) is 0. The predicted molar refractivity (Wildman–Crippen MR) is 101 cm³/mol. The lowest BCUT2D eigenvalue weighted by atomic mass is 10.2. The summed E-state index contributed by atoms with van der Waals surface area (Å²) in [6.07, 6.45) is 0. The van der Waals surface area contributed by atoms with Gasteiger partial charge in [-0.1, -0.05) is 59.3 Å². The Bertz CT molecular complexity index is 1190. The van der Waals surface area contributed by atoms with Crippen LogP contribution in [-0.4, -0.2) is 16.1 Å². The van der Waals surface area contributed by atoms with Crippen molar-refractivity contribution in [2.45, 2.75) is 0 Å². The fourth-order valence-corrected chi connectivity index (χ4v) is 3.46. The molecule has 2 heterocycles. The number of anilines is 1. The predicted octanol–water partition coefficient (Wildman–Crippen LogP) is 4.22. The van der Waals surface area contributed by atoms with Crippen molar-refractivity contribution in [3.05, 3.63) is 75.6 Å². The zero-order chi connectivity index (χ0) is 18.1. The molecule has 0 fully saturated rings. The molecule has 4 rings (SSSR count). The standard InChI is InChI=1S/C18H10ClN3O3S/c19-13-7-3-2-6-11(13)16-21-22-18(26-16)20-15(23)12-9-10-5-1-4-8-14(10)25-17(12)24/h1-9H,(H,20,22,23). The second-order valence-electron chi connectivity index (χ2n) is 5.33. The normalized spacial score (nSPS) is 10.8. The Morgan fingerprint density at radius 3 is 2.69 bits per heavy atom. The number of hydrogen-bond acceptors (Lipinski definition) is 6. The van der Waals surface area contributed by atoms with Crippen LogP contribution in [0.25, 0.3) is 21.5 Å². The number of carbonyl (C=O) groups is 1. The Morgan fingerprint density at radius 1 is 1.08 bits per heavy atom. The summed E-state index contributed by atoms with van der Waals surface area (Å²) in [4.78, 5) is 24.5. The topological polar surface area (TPSA) is 85.1 Å². The third kappa shape index (κ3) is 3.10. The van der Waals surface area contributed by atoms with Gasteiger partial charge in [-0.3, -0.25) is 10.1 Å². The van der Waals surface area contributed by atoms with Crippen molar-refractivity contribution in [2.24, 2.45) is 0 Å². The van der Waals surface area contributed by atoms with Crippen LogP contribution >= 0.6 is 22.9 Å². The minimum absolute atomic E-state index is 0.0989. The van der Waals surface area contributed by atoms with Gasteiger partial charge in [0.05, 0.1) is 5.02 Å². The number of para-hydroxylation sites is 1. The summed E-state index contributed by atoms with van der Waals surface area (Å²) in [6.45, 7) is 0. The number of hydrogen-bond donors (Lipinski definition) is 1. The van der Waals surface area contributed by atoms with Crippen LogP contribution < -0.4 is 10.9 Å². The molecule has 0 saturated carbocycles. The van der Waals surface area contributed by atoms with Gasteiger partial charge in [0.15, 0.2) is 5.01 Å². The number of carbonyl (C=O) groups excluding carboxylic acids is 1. The minimum Gasteiger partial charge on any atom is -0.422 e. The Kier molecular flexibility index (Phi) is 4.24. The number of halogens is 1. The summed E-state index contributed by atoms with van der Waals surface area (Å²) < 4.78 is 5.18. The molecule has 0 bridgehead atoms. The van der Waals surface area contributed by atoms with Crippen LogP contribution in [0.2, 0.25) is 5.02 Å². The molecular weight excluding hydrogens is 374 g/mol. The maximum absolute atomic E-state index is 12.4. The lowest BCUT2D eigenvalue weighted by Gasteiger charge is -2.01. The van der Waals surface area contributed by atoms with Gasteiger partial charge in [0, 0.05) is 10.9 Å². The van der Waals surface area contributed by atoms with E-state index < -0.39 is 11.5 Å². The number of fused-ring (bicyclic) bond motifs is 1. The van der Waals surface area contributed by atoms with Crippen molar-refractivity contribution >= 4 is 44.9 Å². The number of nitrogens with zero attached hydrogens (tertiary/aromatic N) is 2. The highest BCUT2D eigenvalue weighted by Gasteiger charge is 2.17. The van der Waals surface area contributed by atoms with Gasteiger partial charge in [0.2, 0.25) is 5.13 Å². The van der Waals surface area contributed by atoms with E-state index in [1.807, 2.05) is 18.2 Å². The average molecular weight is 384 g/mol. The molecule has 1 N–H and O–H groups in total. The zero-order valence-electron chi connectivity index (χ0n) is 13.1. The molecule has 0 aliphatic carbocycles. The highest BCUT2D eigenvalue weighted by Crippen LogP contribution is 2.31. The largest absolute Gasteiger partial charge is 0.422 e. The van der Waals surface area contributed by atoms with Crippen molar-refractivity contribution in [3.63, 3.8) is 0 Å². The molecule has 0 spiro atoms. The smallest absolute Gasteiger partial charge is 0.349 e. The average Bonchev–Trinajstić information content (AvgIpc) is 3.09. The summed E-state index contributed by atoms with van der Waals surface area (Å²) in [5.74, 6) is -0.605. The van der Waals surface area contributed by atoms with E-state index >= 15 is 0 Å². The molecule has 2 aromatic carbocycles. The van der Waals surface area contributed by atoms with Gasteiger partial charge >= 0.3 is 5.63 Å². The van der Waals surface area contributed by atoms with E-state index in [0.29, 0.717) is 21.0 Å². The summed E-state index contributed by atoms with van der Waals surface area (Å²) in [5, 5.41) is 12.6. The van der Waals surface area contributed by atoms with Gasteiger partial charge in [-0.25, -0.2) is 4.79 Å². The van der Waals surface area contributed by atoms with E-state index in [2.05, 4.69) is 15.5 Å². The molecule has 2 aromatic heterocycles. The first-order valence-corrected chi connectivity index (χ1v) is 8.74. The van der Waals surface area contributed by atoms with E-state index in [1.54, 1.807) is 30.3 Å². The van der Waals surface area contributed by atoms with Gasteiger partial charge < -0.3 is 4.42 Å². The first kappa shape index (κ1) is 16.4. The number of nitrogens with one attached hydrogen (secondary N) is 1. The molecule has 0 radical (unpaired) electrons. The van der Waals surface area contributed by atoms with E-state index in [9.17, 15) is 9.59 Å². The molecule has 4 aromatic rings. The third-order valence-electron chi connectivity index (χ3n) is 3.64. The van der Waals surface area contributed by atoms with Gasteiger partial charge in [0.25, 0.3) is 5.91 Å². The lowest BCUT2D eigenvalue weighted by Crippen LogP contribution is -2.20. The second kappa shape index (κ2) is 6.70. The van der Waals surface area contributed by atoms with Crippen molar-refractivity contribution < 1.29 is 9.21 Å². The second-order valence-corrected chi connectivity index (χ2v) is 6.72. The highest BCUT2D eigenvalue weighted by atomic mass is 35.5. The highest BCUT2D eigenvalue weighted by molar-refractivity contribution is 7.18. The first-order valence-electron chi connectivity index (χ1n) is 7.54. The molecule has 0 atom stereocenters. The van der Waals surface area contributed by atoms with Crippen LogP contribution in [0.4, 0.5) is 5.13 Å². The molecule has 0 saturated heterocycles. The lowest BCUT2D eigenvalue weighted by molar-refractivity contribution is 0.102. The quantitative estimate of drug-likeness (QED) is 0.535. The molecule has 1 amide bonds. The molecule has 128 valence electrons. The van der Waals surface area contributed by atoms with Crippen molar-refractivity contribution in [1.29, 1.82) is 0 Å². The zero-order valence-corrected chi connectivity index (χ0v) is 14.7. The SMILES string of the molecule is O=C(Nc1nnc(-c2ccccc2Cl)s1)c1cc2ccccc2oc1=O. The Morgan fingerprint density at radius 2 is 1.85 bits per heavy atom. The maximum atomic E-state index is 12.4. The summed E-state index contributed by atoms with van der Waals surface area (Å²) >= 11 is 7.31. The van der Waals surface area contributed by atoms with E-state index in [1.165, 1.54) is 6.07 Å². The minimum atomic E-state index is -0.711.